The maximum atomic E-state index is 12.8. The molecule has 0 spiro atoms. The number of hydrogen-bond acceptors (Lipinski definition) is 5. The summed E-state index contributed by atoms with van der Waals surface area (Å²) in [5.41, 5.74) is 1.04. The van der Waals surface area contributed by atoms with Crippen LogP contribution in [-0.4, -0.2) is 22.1 Å². The smallest absolute Gasteiger partial charge is 0.329 e. The highest BCUT2D eigenvalue weighted by atomic mass is 32.1. The Hall–Kier alpha value is -1.69. The lowest BCUT2D eigenvalue weighted by atomic mass is 10.2. The van der Waals surface area contributed by atoms with Crippen molar-refractivity contribution in [1.82, 2.24) is 9.55 Å². The van der Waals surface area contributed by atoms with Crippen LogP contribution in [0.15, 0.2) is 11.1 Å². The van der Waals surface area contributed by atoms with Gasteiger partial charge in [-0.1, -0.05) is 13.8 Å². The van der Waals surface area contributed by atoms with Crippen molar-refractivity contribution in [3.63, 3.8) is 0 Å². The van der Waals surface area contributed by atoms with Crippen LogP contribution in [0, 0.1) is 0 Å². The summed E-state index contributed by atoms with van der Waals surface area (Å²) in [7, 11) is 0. The molecule has 1 aliphatic carbocycles. The molecule has 118 valence electrons. The maximum absolute atomic E-state index is 12.8. The summed E-state index contributed by atoms with van der Waals surface area (Å²) in [6, 6.07) is -0.590. The van der Waals surface area contributed by atoms with Crippen molar-refractivity contribution in [2.75, 3.05) is 6.61 Å². The molecule has 2 heterocycles. The van der Waals surface area contributed by atoms with Crippen LogP contribution in [-0.2, 0) is 22.4 Å². The Morgan fingerprint density at radius 1 is 1.45 bits per heavy atom. The molecule has 0 bridgehead atoms. The Kier molecular flexibility index (Phi) is 4.29. The lowest BCUT2D eigenvalue weighted by Gasteiger charge is -2.16. The minimum atomic E-state index is -0.590. The summed E-state index contributed by atoms with van der Waals surface area (Å²) >= 11 is 1.61. The van der Waals surface area contributed by atoms with Crippen molar-refractivity contribution in [3.05, 3.63) is 27.1 Å². The van der Waals surface area contributed by atoms with Crippen molar-refractivity contribution in [2.24, 2.45) is 0 Å². The van der Waals surface area contributed by atoms with Gasteiger partial charge in [-0.25, -0.2) is 9.78 Å². The molecule has 0 fully saturated rings. The third kappa shape index (κ3) is 2.45. The SMILES string of the molecule is CCCOC(=O)C(CC)n1cnc2sc3c(c2c1=O)CCC3. The molecular weight excluding hydrogens is 300 g/mol. The number of hydrogen-bond donors (Lipinski definition) is 0. The molecule has 0 N–H and O–H groups in total. The maximum Gasteiger partial charge on any atom is 0.329 e. The van der Waals surface area contributed by atoms with E-state index in [2.05, 4.69) is 4.98 Å². The van der Waals surface area contributed by atoms with Crippen LogP contribution >= 0.6 is 11.3 Å². The van der Waals surface area contributed by atoms with E-state index in [1.54, 1.807) is 11.3 Å². The Labute approximate surface area is 132 Å². The average molecular weight is 320 g/mol. The molecule has 3 rings (SSSR count). The van der Waals surface area contributed by atoms with Gasteiger partial charge >= 0.3 is 5.97 Å². The van der Waals surface area contributed by atoms with Crippen molar-refractivity contribution in [3.8, 4) is 0 Å². The van der Waals surface area contributed by atoms with E-state index in [0.717, 1.165) is 36.1 Å². The number of rotatable bonds is 5. The van der Waals surface area contributed by atoms with Gasteiger partial charge in [-0.15, -0.1) is 11.3 Å². The van der Waals surface area contributed by atoms with Crippen LogP contribution in [0.5, 0.6) is 0 Å². The first kappa shape index (κ1) is 15.2. The Morgan fingerprint density at radius 3 is 3.00 bits per heavy atom. The molecule has 22 heavy (non-hydrogen) atoms. The molecule has 1 unspecified atom stereocenters. The highest BCUT2D eigenvalue weighted by molar-refractivity contribution is 7.18. The van der Waals surface area contributed by atoms with E-state index in [9.17, 15) is 9.59 Å². The lowest BCUT2D eigenvalue weighted by molar-refractivity contribution is -0.147. The second-order valence-electron chi connectivity index (χ2n) is 5.59. The molecule has 1 aliphatic rings. The average Bonchev–Trinajstić information content (AvgIpc) is 3.08. The molecule has 0 aliphatic heterocycles. The second kappa shape index (κ2) is 6.20. The third-order valence-corrected chi connectivity index (χ3v) is 5.29. The number of nitrogens with zero attached hydrogens (tertiary/aromatic N) is 2. The summed E-state index contributed by atoms with van der Waals surface area (Å²) < 4.78 is 6.67. The van der Waals surface area contributed by atoms with Crippen LogP contribution in [0.1, 0.15) is 49.6 Å². The predicted molar refractivity (Wildman–Crippen MR) is 86.5 cm³/mol. The van der Waals surface area contributed by atoms with Gasteiger partial charge in [0.25, 0.3) is 5.56 Å². The molecule has 0 aromatic carbocycles. The van der Waals surface area contributed by atoms with E-state index in [1.165, 1.54) is 15.8 Å². The molecule has 2 aromatic heterocycles. The number of carbonyl (C=O) groups excluding carboxylic acids is 1. The molecule has 0 saturated heterocycles. The van der Waals surface area contributed by atoms with E-state index in [0.29, 0.717) is 18.4 Å². The van der Waals surface area contributed by atoms with E-state index in [1.807, 2.05) is 13.8 Å². The van der Waals surface area contributed by atoms with Crippen molar-refractivity contribution >= 4 is 27.5 Å². The van der Waals surface area contributed by atoms with E-state index >= 15 is 0 Å². The van der Waals surface area contributed by atoms with Gasteiger partial charge in [-0.05, 0) is 37.7 Å². The first-order valence-corrected chi connectivity index (χ1v) is 8.67. The Bertz CT molecular complexity index is 763. The van der Waals surface area contributed by atoms with Crippen LogP contribution in [0.4, 0.5) is 0 Å². The van der Waals surface area contributed by atoms with Crippen LogP contribution in [0.2, 0.25) is 0 Å². The fourth-order valence-electron chi connectivity index (χ4n) is 3.00. The minimum Gasteiger partial charge on any atom is -0.464 e. The lowest BCUT2D eigenvalue weighted by Crippen LogP contribution is -2.31. The summed E-state index contributed by atoms with van der Waals surface area (Å²) in [5, 5.41) is 0.710. The zero-order valence-electron chi connectivity index (χ0n) is 12.9. The fraction of sp³-hybridized carbons (Fsp3) is 0.562. The summed E-state index contributed by atoms with van der Waals surface area (Å²) in [6.45, 7) is 4.21. The zero-order chi connectivity index (χ0) is 15.7. The molecule has 2 aromatic rings. The Balaban J connectivity index is 2.05. The number of aromatic nitrogens is 2. The van der Waals surface area contributed by atoms with Gasteiger partial charge in [0.1, 0.15) is 10.9 Å². The van der Waals surface area contributed by atoms with Gasteiger partial charge in [-0.2, -0.15) is 0 Å². The van der Waals surface area contributed by atoms with Crippen LogP contribution < -0.4 is 5.56 Å². The van der Waals surface area contributed by atoms with Crippen molar-refractivity contribution < 1.29 is 9.53 Å². The second-order valence-corrected chi connectivity index (χ2v) is 6.67. The monoisotopic (exact) mass is 320 g/mol. The van der Waals surface area contributed by atoms with Crippen molar-refractivity contribution in [1.29, 1.82) is 0 Å². The topological polar surface area (TPSA) is 61.2 Å². The summed E-state index contributed by atoms with van der Waals surface area (Å²) in [6.07, 6.45) is 5.85. The Morgan fingerprint density at radius 2 is 2.27 bits per heavy atom. The number of ether oxygens (including phenoxy) is 1. The predicted octanol–water partition coefficient (Wildman–Crippen LogP) is 2.85. The standard InChI is InChI=1S/C16H20N2O3S/c1-3-8-21-16(20)11(4-2)18-9-17-14-13(15(18)19)10-6-5-7-12(10)22-14/h9,11H,3-8H2,1-2H3. The third-order valence-electron chi connectivity index (χ3n) is 4.09. The van der Waals surface area contributed by atoms with Crippen molar-refractivity contribution in [2.45, 2.75) is 52.0 Å². The van der Waals surface area contributed by atoms with E-state index in [4.69, 9.17) is 4.74 Å². The van der Waals surface area contributed by atoms with Gasteiger partial charge in [-0.3, -0.25) is 9.36 Å². The molecule has 6 heteroatoms. The highest BCUT2D eigenvalue weighted by Crippen LogP contribution is 2.34. The molecule has 0 saturated carbocycles. The number of aryl methyl sites for hydroxylation is 2. The molecule has 1 atom stereocenters. The number of thiophene rings is 1. The number of esters is 1. The van der Waals surface area contributed by atoms with Gasteiger partial charge < -0.3 is 4.74 Å². The molecule has 5 nitrogen and oxygen atoms in total. The van der Waals surface area contributed by atoms with E-state index < -0.39 is 6.04 Å². The van der Waals surface area contributed by atoms with Crippen LogP contribution in [0.25, 0.3) is 10.2 Å². The highest BCUT2D eigenvalue weighted by Gasteiger charge is 2.26. The minimum absolute atomic E-state index is 0.107. The molecule has 0 radical (unpaired) electrons. The first-order chi connectivity index (χ1) is 10.7. The normalized spacial score (nSPS) is 15.0. The quantitative estimate of drug-likeness (QED) is 0.795. The fourth-order valence-corrected chi connectivity index (χ4v) is 4.21. The molecule has 0 amide bonds. The van der Waals surface area contributed by atoms with Gasteiger partial charge in [0.05, 0.1) is 18.3 Å². The van der Waals surface area contributed by atoms with Gasteiger partial charge in [0.2, 0.25) is 0 Å². The largest absolute Gasteiger partial charge is 0.464 e. The zero-order valence-corrected chi connectivity index (χ0v) is 13.7. The molecular formula is C16H20N2O3S. The van der Waals surface area contributed by atoms with Crippen LogP contribution in [0.3, 0.4) is 0 Å². The number of carbonyl (C=O) groups is 1. The number of fused-ring (bicyclic) bond motifs is 3. The van der Waals surface area contributed by atoms with E-state index in [-0.39, 0.29) is 11.5 Å². The summed E-state index contributed by atoms with van der Waals surface area (Å²) in [4.78, 5) is 31.5. The summed E-state index contributed by atoms with van der Waals surface area (Å²) in [5.74, 6) is -0.348. The van der Waals surface area contributed by atoms with Gasteiger partial charge in [0, 0.05) is 4.88 Å². The van der Waals surface area contributed by atoms with Gasteiger partial charge in [0.15, 0.2) is 0 Å². The first-order valence-electron chi connectivity index (χ1n) is 7.85.